The third-order valence-electron chi connectivity index (χ3n) is 3.92. The number of ether oxygens (including phenoxy) is 1. The molecule has 1 aliphatic rings. The Morgan fingerprint density at radius 3 is 2.67 bits per heavy atom. The van der Waals surface area contributed by atoms with Gasteiger partial charge in [0.05, 0.1) is 12.8 Å². The van der Waals surface area contributed by atoms with Gasteiger partial charge in [0, 0.05) is 28.3 Å². The summed E-state index contributed by atoms with van der Waals surface area (Å²) in [4.78, 5) is 0. The zero-order chi connectivity index (χ0) is 16.7. The van der Waals surface area contributed by atoms with E-state index in [1.807, 2.05) is 42.5 Å². The Morgan fingerprint density at radius 1 is 1.12 bits per heavy atom. The molecule has 2 heterocycles. The molecule has 24 heavy (non-hydrogen) atoms. The molecule has 0 bridgehead atoms. The molecule has 6 nitrogen and oxygen atoms in total. The maximum Gasteiger partial charge on any atom is 0.338 e. The molecule has 0 saturated carbocycles. The molecule has 4 rings (SSSR count). The van der Waals surface area contributed by atoms with Crippen molar-refractivity contribution < 1.29 is 4.74 Å². The van der Waals surface area contributed by atoms with Crippen LogP contribution in [0.25, 0.3) is 0 Å². The summed E-state index contributed by atoms with van der Waals surface area (Å²) in [6.45, 7) is 0. The van der Waals surface area contributed by atoms with Crippen LogP contribution in [0.1, 0.15) is 22.5 Å². The lowest BCUT2D eigenvalue weighted by Crippen LogP contribution is -2.07. The summed E-state index contributed by atoms with van der Waals surface area (Å²) in [6.07, 6.45) is 0.588. The molecule has 2 aromatic carbocycles. The molecular weight excluding hydrogens is 326 g/mol. The summed E-state index contributed by atoms with van der Waals surface area (Å²) in [6, 6.07) is 13.7. The second-order valence-corrected chi connectivity index (χ2v) is 5.90. The monoisotopic (exact) mass is 339 g/mol. The first-order chi connectivity index (χ1) is 11.7. The fourth-order valence-corrected chi connectivity index (χ4v) is 2.91. The van der Waals surface area contributed by atoms with Crippen LogP contribution >= 0.6 is 11.6 Å². The van der Waals surface area contributed by atoms with Crippen molar-refractivity contribution in [1.29, 1.82) is 0 Å². The SMILES string of the molecule is COc1nnc2n1N=C(c1ccc(N)cc1)c1cc(Cl)ccc1C2. The normalized spacial score (nSPS) is 12.8. The Balaban J connectivity index is 1.99. The lowest BCUT2D eigenvalue weighted by molar-refractivity contribution is 0.362. The van der Waals surface area contributed by atoms with Gasteiger partial charge >= 0.3 is 6.01 Å². The number of halogens is 1. The van der Waals surface area contributed by atoms with Crippen molar-refractivity contribution in [2.75, 3.05) is 12.8 Å². The van der Waals surface area contributed by atoms with Gasteiger partial charge in [-0.3, -0.25) is 0 Å². The number of nitrogens with two attached hydrogens (primary N) is 1. The molecule has 0 aliphatic carbocycles. The minimum atomic E-state index is 0.344. The van der Waals surface area contributed by atoms with E-state index in [0.29, 0.717) is 29.0 Å². The van der Waals surface area contributed by atoms with Gasteiger partial charge in [-0.15, -0.1) is 5.10 Å². The van der Waals surface area contributed by atoms with E-state index >= 15 is 0 Å². The largest absolute Gasteiger partial charge is 0.466 e. The van der Waals surface area contributed by atoms with Crippen LogP contribution in [-0.2, 0) is 6.42 Å². The molecule has 0 saturated heterocycles. The minimum absolute atomic E-state index is 0.344. The molecule has 0 radical (unpaired) electrons. The Morgan fingerprint density at radius 2 is 1.92 bits per heavy atom. The second kappa shape index (κ2) is 5.65. The predicted octanol–water partition coefficient (Wildman–Crippen LogP) is 2.73. The first-order valence-electron chi connectivity index (χ1n) is 7.37. The van der Waals surface area contributed by atoms with Crippen LogP contribution in [0.2, 0.25) is 5.02 Å². The summed E-state index contributed by atoms with van der Waals surface area (Å²) in [5.74, 6) is 0.709. The highest BCUT2D eigenvalue weighted by atomic mass is 35.5. The zero-order valence-electron chi connectivity index (χ0n) is 12.9. The topological polar surface area (TPSA) is 78.3 Å². The number of fused-ring (bicyclic) bond motifs is 2. The number of hydrogen-bond acceptors (Lipinski definition) is 5. The van der Waals surface area contributed by atoms with Crippen molar-refractivity contribution >= 4 is 23.0 Å². The summed E-state index contributed by atoms with van der Waals surface area (Å²) in [7, 11) is 1.55. The average Bonchev–Trinajstić information content (AvgIpc) is 2.89. The van der Waals surface area contributed by atoms with Gasteiger partial charge in [-0.1, -0.05) is 34.9 Å². The molecular formula is C17H14ClN5O. The maximum absolute atomic E-state index is 6.22. The van der Waals surface area contributed by atoms with E-state index in [1.54, 1.807) is 11.8 Å². The standard InChI is InChI=1S/C17H14ClN5O/c1-24-17-21-20-15-8-11-2-5-12(18)9-14(11)16(22-23(15)17)10-3-6-13(19)7-4-10/h2-7,9H,8,19H2,1H3. The van der Waals surface area contributed by atoms with Gasteiger partial charge in [-0.05, 0) is 29.8 Å². The van der Waals surface area contributed by atoms with Crippen LogP contribution in [0, 0.1) is 0 Å². The van der Waals surface area contributed by atoms with Gasteiger partial charge < -0.3 is 10.5 Å². The third-order valence-corrected chi connectivity index (χ3v) is 4.15. The van der Waals surface area contributed by atoms with E-state index in [0.717, 1.165) is 22.4 Å². The van der Waals surface area contributed by atoms with Crippen molar-refractivity contribution in [3.05, 3.63) is 70.0 Å². The lowest BCUT2D eigenvalue weighted by Gasteiger charge is -2.10. The average molecular weight is 340 g/mol. The van der Waals surface area contributed by atoms with Crippen LogP contribution in [-0.4, -0.2) is 27.7 Å². The molecule has 7 heteroatoms. The molecule has 0 amide bonds. The van der Waals surface area contributed by atoms with Crippen LogP contribution in [0.4, 0.5) is 5.69 Å². The smallest absolute Gasteiger partial charge is 0.338 e. The quantitative estimate of drug-likeness (QED) is 0.569. The van der Waals surface area contributed by atoms with E-state index in [9.17, 15) is 0 Å². The Kier molecular flexibility index (Phi) is 3.46. The highest BCUT2D eigenvalue weighted by molar-refractivity contribution is 6.31. The summed E-state index contributed by atoms with van der Waals surface area (Å²) < 4.78 is 6.89. The molecule has 3 aromatic rings. The zero-order valence-corrected chi connectivity index (χ0v) is 13.7. The Labute approximate surface area is 143 Å². The highest BCUT2D eigenvalue weighted by Crippen LogP contribution is 2.27. The molecule has 0 fully saturated rings. The van der Waals surface area contributed by atoms with Gasteiger partial charge in [0.2, 0.25) is 0 Å². The minimum Gasteiger partial charge on any atom is -0.466 e. The highest BCUT2D eigenvalue weighted by Gasteiger charge is 2.22. The fraction of sp³-hybridized carbons (Fsp3) is 0.118. The Hall–Kier alpha value is -2.86. The third kappa shape index (κ3) is 2.41. The van der Waals surface area contributed by atoms with Crippen molar-refractivity contribution in [2.45, 2.75) is 6.42 Å². The summed E-state index contributed by atoms with van der Waals surface area (Å²) in [5.41, 5.74) is 10.2. The number of aromatic nitrogens is 3. The predicted molar refractivity (Wildman–Crippen MR) is 92.7 cm³/mol. The molecule has 2 N–H and O–H groups in total. The lowest BCUT2D eigenvalue weighted by atomic mass is 9.96. The van der Waals surface area contributed by atoms with Crippen LogP contribution in [0.15, 0.2) is 47.6 Å². The van der Waals surface area contributed by atoms with Crippen LogP contribution in [0.5, 0.6) is 6.01 Å². The molecule has 1 aliphatic heterocycles. The molecule has 0 unspecified atom stereocenters. The van der Waals surface area contributed by atoms with Crippen molar-refractivity contribution in [1.82, 2.24) is 14.9 Å². The summed E-state index contributed by atoms with van der Waals surface area (Å²) in [5, 5.41) is 13.6. The summed E-state index contributed by atoms with van der Waals surface area (Å²) >= 11 is 6.22. The van der Waals surface area contributed by atoms with E-state index < -0.39 is 0 Å². The molecule has 0 atom stereocenters. The first kappa shape index (κ1) is 14.7. The molecule has 0 spiro atoms. The second-order valence-electron chi connectivity index (χ2n) is 5.46. The van der Waals surface area contributed by atoms with Gasteiger partial charge in [-0.25, -0.2) is 0 Å². The Bertz CT molecular complexity index is 946. The van der Waals surface area contributed by atoms with E-state index in [2.05, 4.69) is 10.2 Å². The number of methoxy groups -OCH3 is 1. The van der Waals surface area contributed by atoms with E-state index in [-0.39, 0.29) is 0 Å². The molecule has 120 valence electrons. The van der Waals surface area contributed by atoms with E-state index in [4.69, 9.17) is 27.2 Å². The maximum atomic E-state index is 6.22. The van der Waals surface area contributed by atoms with Gasteiger partial charge in [-0.2, -0.15) is 9.78 Å². The van der Waals surface area contributed by atoms with Crippen molar-refractivity contribution in [2.24, 2.45) is 5.10 Å². The van der Waals surface area contributed by atoms with Gasteiger partial charge in [0.15, 0.2) is 5.82 Å². The van der Waals surface area contributed by atoms with Crippen LogP contribution in [0.3, 0.4) is 0 Å². The molecule has 1 aromatic heterocycles. The van der Waals surface area contributed by atoms with Gasteiger partial charge in [0.1, 0.15) is 0 Å². The number of nitrogen functional groups attached to an aromatic ring is 1. The first-order valence-corrected chi connectivity index (χ1v) is 7.75. The van der Waals surface area contributed by atoms with Crippen LogP contribution < -0.4 is 10.5 Å². The fourth-order valence-electron chi connectivity index (χ4n) is 2.74. The number of rotatable bonds is 2. The van der Waals surface area contributed by atoms with Gasteiger partial charge in [0.25, 0.3) is 0 Å². The van der Waals surface area contributed by atoms with Crippen molar-refractivity contribution in [3.63, 3.8) is 0 Å². The number of nitrogens with zero attached hydrogens (tertiary/aromatic N) is 4. The number of anilines is 1. The van der Waals surface area contributed by atoms with E-state index in [1.165, 1.54) is 0 Å². The number of hydrogen-bond donors (Lipinski definition) is 1. The number of benzene rings is 2. The van der Waals surface area contributed by atoms with Crippen molar-refractivity contribution in [3.8, 4) is 6.01 Å².